The Morgan fingerprint density at radius 3 is 2.73 bits per heavy atom. The molecule has 3 rings (SSSR count). The number of aromatic amines is 1. The lowest BCUT2D eigenvalue weighted by Crippen LogP contribution is -2.23. The van der Waals surface area contributed by atoms with E-state index in [0.29, 0.717) is 16.5 Å². The minimum Gasteiger partial charge on any atom is -0.325 e. The highest BCUT2D eigenvalue weighted by molar-refractivity contribution is 8.00. The van der Waals surface area contributed by atoms with Gasteiger partial charge in [0.05, 0.1) is 10.8 Å². The van der Waals surface area contributed by atoms with Crippen molar-refractivity contribution in [1.29, 1.82) is 0 Å². The molecule has 0 bridgehead atoms. The summed E-state index contributed by atoms with van der Waals surface area (Å²) < 4.78 is 13.8. The molecule has 7 heteroatoms. The van der Waals surface area contributed by atoms with Gasteiger partial charge in [0, 0.05) is 5.69 Å². The Morgan fingerprint density at radius 2 is 2.00 bits per heavy atom. The Labute approximate surface area is 155 Å². The Kier molecular flexibility index (Phi) is 5.37. The number of carbonyl (C=O) groups excluding carboxylic acids is 1. The lowest BCUT2D eigenvalue weighted by Gasteiger charge is -2.12. The number of aryl methyl sites for hydroxylation is 2. The van der Waals surface area contributed by atoms with E-state index in [0.717, 1.165) is 16.8 Å². The molecular weight excluding hydrogens is 351 g/mol. The van der Waals surface area contributed by atoms with Crippen LogP contribution in [0.4, 0.5) is 10.1 Å². The van der Waals surface area contributed by atoms with Crippen LogP contribution >= 0.6 is 11.8 Å². The Hall–Kier alpha value is -2.67. The maximum atomic E-state index is 13.8. The molecule has 5 nitrogen and oxygen atoms in total. The van der Waals surface area contributed by atoms with Crippen LogP contribution in [0.15, 0.2) is 47.6 Å². The van der Waals surface area contributed by atoms with Gasteiger partial charge in [0.15, 0.2) is 5.82 Å². The SMILES string of the molecule is Cc1ccc(NC(=O)C(C)Sc2n[nH]c(-c3ccccc3F)n2)c(C)c1. The molecule has 1 unspecified atom stereocenters. The van der Waals surface area contributed by atoms with Gasteiger partial charge < -0.3 is 5.32 Å². The summed E-state index contributed by atoms with van der Waals surface area (Å²) in [6, 6.07) is 12.2. The van der Waals surface area contributed by atoms with E-state index in [9.17, 15) is 9.18 Å². The van der Waals surface area contributed by atoms with E-state index in [-0.39, 0.29) is 11.7 Å². The number of rotatable bonds is 5. The van der Waals surface area contributed by atoms with E-state index in [4.69, 9.17) is 0 Å². The lowest BCUT2D eigenvalue weighted by molar-refractivity contribution is -0.115. The molecule has 1 heterocycles. The minimum absolute atomic E-state index is 0.140. The summed E-state index contributed by atoms with van der Waals surface area (Å²) in [7, 11) is 0. The van der Waals surface area contributed by atoms with Crippen molar-refractivity contribution in [2.45, 2.75) is 31.2 Å². The first-order chi connectivity index (χ1) is 12.4. The summed E-state index contributed by atoms with van der Waals surface area (Å²) in [5, 5.41) is 9.70. The van der Waals surface area contributed by atoms with Crippen LogP contribution in [0, 0.1) is 19.7 Å². The number of carbonyl (C=O) groups is 1. The molecule has 0 spiro atoms. The number of halogens is 1. The molecule has 1 aromatic heterocycles. The molecule has 0 aliphatic heterocycles. The fourth-order valence-electron chi connectivity index (χ4n) is 2.47. The summed E-state index contributed by atoms with van der Waals surface area (Å²) in [5.41, 5.74) is 3.29. The van der Waals surface area contributed by atoms with E-state index in [1.54, 1.807) is 25.1 Å². The fraction of sp³-hybridized carbons (Fsp3) is 0.211. The molecule has 0 radical (unpaired) electrons. The molecular formula is C19H19FN4OS. The van der Waals surface area contributed by atoms with Crippen molar-refractivity contribution < 1.29 is 9.18 Å². The van der Waals surface area contributed by atoms with Gasteiger partial charge in [-0.15, -0.1) is 5.10 Å². The van der Waals surface area contributed by atoms with Crippen LogP contribution in [0.2, 0.25) is 0 Å². The van der Waals surface area contributed by atoms with E-state index in [1.165, 1.54) is 17.8 Å². The number of hydrogen-bond acceptors (Lipinski definition) is 4. The minimum atomic E-state index is -0.403. The molecule has 0 aliphatic rings. The summed E-state index contributed by atoms with van der Waals surface area (Å²) >= 11 is 1.21. The predicted octanol–water partition coefficient (Wildman–Crippen LogP) is 4.35. The van der Waals surface area contributed by atoms with E-state index in [1.807, 2.05) is 32.0 Å². The third-order valence-electron chi connectivity index (χ3n) is 3.89. The van der Waals surface area contributed by atoms with Crippen molar-refractivity contribution in [1.82, 2.24) is 15.2 Å². The third-order valence-corrected chi connectivity index (χ3v) is 4.85. The van der Waals surface area contributed by atoms with Crippen LogP contribution in [-0.4, -0.2) is 26.3 Å². The second-order valence-electron chi connectivity index (χ2n) is 6.01. The van der Waals surface area contributed by atoms with Gasteiger partial charge in [0.1, 0.15) is 5.82 Å². The summed E-state index contributed by atoms with van der Waals surface area (Å²) in [6.07, 6.45) is 0. The smallest absolute Gasteiger partial charge is 0.237 e. The number of thioether (sulfide) groups is 1. The number of benzene rings is 2. The van der Waals surface area contributed by atoms with Crippen LogP contribution in [0.3, 0.4) is 0 Å². The molecule has 1 amide bonds. The average Bonchev–Trinajstić information content (AvgIpc) is 3.06. The highest BCUT2D eigenvalue weighted by atomic mass is 32.2. The number of H-pyrrole nitrogens is 1. The number of hydrogen-bond donors (Lipinski definition) is 2. The van der Waals surface area contributed by atoms with E-state index < -0.39 is 5.25 Å². The second kappa shape index (κ2) is 7.70. The van der Waals surface area contributed by atoms with Crippen molar-refractivity contribution in [3.05, 3.63) is 59.4 Å². The van der Waals surface area contributed by atoms with Crippen LogP contribution < -0.4 is 5.32 Å². The average molecular weight is 370 g/mol. The van der Waals surface area contributed by atoms with Gasteiger partial charge in [-0.3, -0.25) is 9.89 Å². The summed E-state index contributed by atoms with van der Waals surface area (Å²) in [6.45, 7) is 5.74. The van der Waals surface area contributed by atoms with Crippen molar-refractivity contribution in [3.63, 3.8) is 0 Å². The Bertz CT molecular complexity index is 941. The van der Waals surface area contributed by atoms with Crippen LogP contribution in [0.1, 0.15) is 18.1 Å². The fourth-order valence-corrected chi connectivity index (χ4v) is 3.20. The van der Waals surface area contributed by atoms with E-state index >= 15 is 0 Å². The van der Waals surface area contributed by atoms with Crippen molar-refractivity contribution in [2.24, 2.45) is 0 Å². The standard InChI is InChI=1S/C19H19FN4OS/c1-11-8-9-16(12(2)10-11)21-18(25)13(3)26-19-22-17(23-24-19)14-6-4-5-7-15(14)20/h4-10,13H,1-3H3,(H,21,25)(H,22,23,24). The van der Waals surface area contributed by atoms with Gasteiger partial charge in [-0.05, 0) is 44.5 Å². The summed E-state index contributed by atoms with van der Waals surface area (Å²) in [4.78, 5) is 16.7. The van der Waals surface area contributed by atoms with Gasteiger partial charge >= 0.3 is 0 Å². The monoisotopic (exact) mass is 370 g/mol. The number of nitrogens with zero attached hydrogens (tertiary/aromatic N) is 2. The molecule has 0 saturated heterocycles. The molecule has 3 aromatic rings. The molecule has 26 heavy (non-hydrogen) atoms. The number of amides is 1. The van der Waals surface area contributed by atoms with E-state index in [2.05, 4.69) is 20.5 Å². The van der Waals surface area contributed by atoms with Crippen LogP contribution in [-0.2, 0) is 4.79 Å². The number of anilines is 1. The maximum absolute atomic E-state index is 13.8. The van der Waals surface area contributed by atoms with Gasteiger partial charge in [0.25, 0.3) is 0 Å². The topological polar surface area (TPSA) is 70.7 Å². The third kappa shape index (κ3) is 4.11. The molecule has 0 aliphatic carbocycles. The van der Waals surface area contributed by atoms with Crippen LogP contribution in [0.5, 0.6) is 0 Å². The Morgan fingerprint density at radius 1 is 1.23 bits per heavy atom. The lowest BCUT2D eigenvalue weighted by atomic mass is 10.1. The van der Waals surface area contributed by atoms with Gasteiger partial charge in [-0.25, -0.2) is 9.37 Å². The van der Waals surface area contributed by atoms with Gasteiger partial charge in [0.2, 0.25) is 11.1 Å². The molecule has 1 atom stereocenters. The van der Waals surface area contributed by atoms with Gasteiger partial charge in [-0.1, -0.05) is 41.6 Å². The van der Waals surface area contributed by atoms with Gasteiger partial charge in [-0.2, -0.15) is 0 Å². The second-order valence-corrected chi connectivity index (χ2v) is 7.32. The first kappa shape index (κ1) is 18.1. The molecule has 2 aromatic carbocycles. The molecule has 0 fully saturated rings. The first-order valence-electron chi connectivity index (χ1n) is 8.16. The highest BCUT2D eigenvalue weighted by Gasteiger charge is 2.19. The number of aromatic nitrogens is 3. The molecule has 134 valence electrons. The zero-order valence-corrected chi connectivity index (χ0v) is 15.5. The quantitative estimate of drug-likeness (QED) is 0.655. The Balaban J connectivity index is 1.67. The van der Waals surface area contributed by atoms with Crippen molar-refractivity contribution >= 4 is 23.4 Å². The largest absolute Gasteiger partial charge is 0.325 e. The van der Waals surface area contributed by atoms with Crippen molar-refractivity contribution in [3.8, 4) is 11.4 Å². The maximum Gasteiger partial charge on any atom is 0.237 e. The molecule has 2 N–H and O–H groups in total. The predicted molar refractivity (Wildman–Crippen MR) is 102 cm³/mol. The van der Waals surface area contributed by atoms with Crippen molar-refractivity contribution in [2.75, 3.05) is 5.32 Å². The highest BCUT2D eigenvalue weighted by Crippen LogP contribution is 2.25. The number of nitrogens with one attached hydrogen (secondary N) is 2. The normalized spacial score (nSPS) is 12.0. The zero-order chi connectivity index (χ0) is 18.7. The molecule has 0 saturated carbocycles. The zero-order valence-electron chi connectivity index (χ0n) is 14.7. The summed E-state index contributed by atoms with van der Waals surface area (Å²) in [5.74, 6) is -0.174. The first-order valence-corrected chi connectivity index (χ1v) is 9.04. The van der Waals surface area contributed by atoms with Crippen LogP contribution in [0.25, 0.3) is 11.4 Å².